The average Bonchev–Trinajstić information content (AvgIpc) is 3.19. The molecule has 2 heterocycles. The largest absolute Gasteiger partial charge is 0.416 e. The van der Waals surface area contributed by atoms with Gasteiger partial charge in [0.25, 0.3) is 0 Å². The normalized spacial score (nSPS) is 26.6. The topological polar surface area (TPSA) is 56.7 Å². The molecule has 1 aliphatic carbocycles. The van der Waals surface area contributed by atoms with Crippen LogP contribution in [0.2, 0.25) is 0 Å². The molecule has 0 bridgehead atoms. The average molecular weight is 301 g/mol. The molecule has 114 valence electrons. The summed E-state index contributed by atoms with van der Waals surface area (Å²) < 4.78 is 38.2. The number of aromatic nitrogens is 1. The van der Waals surface area contributed by atoms with E-state index in [1.807, 2.05) is 0 Å². The minimum Gasteiger partial charge on any atom is -0.371 e. The van der Waals surface area contributed by atoms with E-state index in [1.165, 1.54) is 4.90 Å². The highest BCUT2D eigenvalue weighted by molar-refractivity contribution is 5.94. The van der Waals surface area contributed by atoms with Gasteiger partial charge in [0.05, 0.1) is 11.6 Å². The summed E-state index contributed by atoms with van der Waals surface area (Å²) in [5.41, 5.74) is -0.898. The number of urea groups is 1. The van der Waals surface area contributed by atoms with Crippen LogP contribution in [0.1, 0.15) is 25.3 Å². The molecular weight excluding hydrogens is 287 g/mol. The Morgan fingerprint density at radius 3 is 2.62 bits per heavy atom. The Labute approximate surface area is 119 Å². The van der Waals surface area contributed by atoms with Crippen molar-refractivity contribution in [1.82, 2.24) is 9.88 Å². The molecule has 8 heteroatoms. The third-order valence-corrected chi connectivity index (χ3v) is 3.82. The Bertz CT molecular complexity index is 574. The van der Waals surface area contributed by atoms with Crippen LogP contribution in [0.5, 0.6) is 0 Å². The second kappa shape index (κ2) is 4.59. The maximum atomic E-state index is 12.7. The summed E-state index contributed by atoms with van der Waals surface area (Å²) in [7, 11) is 0. The van der Waals surface area contributed by atoms with Gasteiger partial charge in [-0.3, -0.25) is 0 Å². The number of halogens is 3. The number of hydrogen-bond donors (Lipinski definition) is 1. The van der Waals surface area contributed by atoms with Crippen molar-refractivity contribution in [3.8, 4) is 0 Å². The minimum atomic E-state index is -4.52. The van der Waals surface area contributed by atoms with Crippen molar-refractivity contribution in [2.24, 2.45) is 0 Å². The van der Waals surface area contributed by atoms with Gasteiger partial charge in [0.2, 0.25) is 0 Å². The highest BCUT2D eigenvalue weighted by atomic mass is 19.4. The van der Waals surface area contributed by atoms with E-state index in [0.717, 1.165) is 36.1 Å². The van der Waals surface area contributed by atoms with Gasteiger partial charge in [-0.05, 0) is 31.9 Å². The van der Waals surface area contributed by atoms with Gasteiger partial charge >= 0.3 is 12.2 Å². The molecule has 21 heavy (non-hydrogen) atoms. The number of aliphatic hydroxyl groups excluding tert-OH is 1. The van der Waals surface area contributed by atoms with Crippen LogP contribution in [0.4, 0.5) is 23.8 Å². The number of amides is 2. The predicted molar refractivity (Wildman–Crippen MR) is 67.4 cm³/mol. The van der Waals surface area contributed by atoms with Gasteiger partial charge < -0.3 is 10.0 Å². The number of nitrogens with zero attached hydrogens (tertiary/aromatic N) is 3. The van der Waals surface area contributed by atoms with Crippen molar-refractivity contribution in [3.05, 3.63) is 23.9 Å². The van der Waals surface area contributed by atoms with E-state index >= 15 is 0 Å². The van der Waals surface area contributed by atoms with Gasteiger partial charge in [-0.2, -0.15) is 13.2 Å². The molecule has 0 spiro atoms. The van der Waals surface area contributed by atoms with Crippen LogP contribution in [0.15, 0.2) is 18.3 Å². The van der Waals surface area contributed by atoms with Crippen molar-refractivity contribution >= 4 is 11.8 Å². The van der Waals surface area contributed by atoms with Gasteiger partial charge in [-0.25, -0.2) is 14.7 Å². The summed E-state index contributed by atoms with van der Waals surface area (Å²) in [6.45, 7) is 1.68. The first-order valence-corrected chi connectivity index (χ1v) is 6.63. The number of alkyl halides is 3. The number of rotatable bonds is 2. The Balaban J connectivity index is 1.94. The molecular formula is C13H14F3N3O2. The van der Waals surface area contributed by atoms with Gasteiger partial charge in [-0.1, -0.05) is 0 Å². The Morgan fingerprint density at radius 1 is 1.38 bits per heavy atom. The van der Waals surface area contributed by atoms with Crippen LogP contribution in [-0.4, -0.2) is 39.3 Å². The second-order valence-corrected chi connectivity index (χ2v) is 5.35. The predicted octanol–water partition coefficient (Wildman–Crippen LogP) is 2.21. The van der Waals surface area contributed by atoms with Gasteiger partial charge in [0.15, 0.2) is 6.23 Å². The van der Waals surface area contributed by atoms with E-state index in [2.05, 4.69) is 4.98 Å². The summed E-state index contributed by atoms with van der Waals surface area (Å²) in [4.78, 5) is 18.6. The molecule has 1 aromatic rings. The van der Waals surface area contributed by atoms with Crippen LogP contribution in [-0.2, 0) is 6.18 Å². The lowest BCUT2D eigenvalue weighted by Gasteiger charge is -2.19. The van der Waals surface area contributed by atoms with Crippen LogP contribution in [0.25, 0.3) is 0 Å². The first-order valence-electron chi connectivity index (χ1n) is 6.63. The molecule has 5 nitrogen and oxygen atoms in total. The summed E-state index contributed by atoms with van der Waals surface area (Å²) in [6, 6.07) is 0.714. The summed E-state index contributed by atoms with van der Waals surface area (Å²) in [5, 5.41) is 10.2. The fraction of sp³-hybridized carbons (Fsp3) is 0.538. The molecule has 1 N–H and O–H groups in total. The van der Waals surface area contributed by atoms with E-state index in [1.54, 1.807) is 6.92 Å². The Hall–Kier alpha value is -1.83. The molecule has 2 unspecified atom stereocenters. The zero-order valence-electron chi connectivity index (χ0n) is 11.2. The van der Waals surface area contributed by atoms with E-state index in [9.17, 15) is 23.1 Å². The van der Waals surface area contributed by atoms with Crippen molar-refractivity contribution in [1.29, 1.82) is 0 Å². The van der Waals surface area contributed by atoms with Crippen molar-refractivity contribution in [2.75, 3.05) is 4.90 Å². The molecule has 2 aliphatic rings. The zero-order chi connectivity index (χ0) is 15.4. The quantitative estimate of drug-likeness (QED) is 0.911. The third kappa shape index (κ3) is 2.33. The van der Waals surface area contributed by atoms with E-state index in [0.29, 0.717) is 0 Å². The molecule has 1 saturated heterocycles. The molecule has 1 aromatic heterocycles. The van der Waals surface area contributed by atoms with Crippen LogP contribution in [0, 0.1) is 0 Å². The van der Waals surface area contributed by atoms with Gasteiger partial charge in [-0.15, -0.1) is 0 Å². The highest BCUT2D eigenvalue weighted by Gasteiger charge is 2.49. The van der Waals surface area contributed by atoms with Crippen molar-refractivity contribution in [3.63, 3.8) is 0 Å². The lowest BCUT2D eigenvalue weighted by Crippen LogP contribution is -2.36. The molecule has 1 saturated carbocycles. The fourth-order valence-electron chi connectivity index (χ4n) is 2.57. The zero-order valence-corrected chi connectivity index (χ0v) is 11.2. The Morgan fingerprint density at radius 2 is 2.05 bits per heavy atom. The van der Waals surface area contributed by atoms with Crippen molar-refractivity contribution in [2.45, 2.75) is 44.3 Å². The molecule has 3 rings (SSSR count). The van der Waals surface area contributed by atoms with Gasteiger partial charge in [0.1, 0.15) is 5.82 Å². The number of pyridine rings is 1. The molecule has 2 fully saturated rings. The summed E-state index contributed by atoms with van der Waals surface area (Å²) >= 11 is 0. The number of aliphatic hydroxyl groups is 1. The first kappa shape index (κ1) is 14.1. The third-order valence-electron chi connectivity index (χ3n) is 3.82. The van der Waals surface area contributed by atoms with Crippen LogP contribution in [0.3, 0.4) is 0 Å². The van der Waals surface area contributed by atoms with Crippen LogP contribution >= 0.6 is 0 Å². The van der Waals surface area contributed by atoms with E-state index in [-0.39, 0.29) is 11.9 Å². The first-order chi connectivity index (χ1) is 9.80. The van der Waals surface area contributed by atoms with E-state index in [4.69, 9.17) is 0 Å². The van der Waals surface area contributed by atoms with Gasteiger partial charge in [0, 0.05) is 12.2 Å². The minimum absolute atomic E-state index is 0.0675. The lowest BCUT2D eigenvalue weighted by molar-refractivity contribution is -0.137. The maximum Gasteiger partial charge on any atom is 0.416 e. The fourth-order valence-corrected chi connectivity index (χ4v) is 2.57. The molecule has 1 aliphatic heterocycles. The smallest absolute Gasteiger partial charge is 0.371 e. The Kier molecular flexibility index (Phi) is 3.09. The summed E-state index contributed by atoms with van der Waals surface area (Å²) in [6.07, 6.45) is -3.02. The number of carbonyl (C=O) groups is 1. The number of hydrogen-bond acceptors (Lipinski definition) is 3. The number of anilines is 1. The molecule has 2 amide bonds. The molecule has 0 radical (unpaired) electrons. The highest BCUT2D eigenvalue weighted by Crippen LogP contribution is 2.37. The molecule has 2 atom stereocenters. The van der Waals surface area contributed by atoms with Crippen LogP contribution < -0.4 is 4.90 Å². The second-order valence-electron chi connectivity index (χ2n) is 5.35. The molecule has 0 aromatic carbocycles. The standard InChI is InChI=1S/C13H14F3N3O2/c1-7-11(20)19(12(21)18(7)9-2-3-9)10-6-8(4-5-17-10)13(14,15)16/h4-7,9,11,20H,2-3H2,1H3. The maximum absolute atomic E-state index is 12.7. The monoisotopic (exact) mass is 301 g/mol. The summed E-state index contributed by atoms with van der Waals surface area (Å²) in [5.74, 6) is -0.183. The lowest BCUT2D eigenvalue weighted by atomic mass is 10.2. The number of carbonyl (C=O) groups excluding carboxylic acids is 1. The van der Waals surface area contributed by atoms with E-state index < -0.39 is 30.0 Å². The van der Waals surface area contributed by atoms with Crippen molar-refractivity contribution < 1.29 is 23.1 Å². The SMILES string of the molecule is CC1C(O)N(c2cc(C(F)(F)F)ccn2)C(=O)N1C1CC1.